The molecule has 212 valence electrons. The number of hydrogen-bond acceptors (Lipinski definition) is 9. The standard InChI is InChI=1S/C26H49NO9/c1-5-22(28)9-11-33-13-15-35-23-17-24(18-23)36-16-14-34-12-10-25(29)27-26(19-30-6-2,20-31-7-3)21-32-8-4/h23-24H,5-21H2,1-4H3,(H,27,29). The monoisotopic (exact) mass is 519 g/mol. The fraction of sp³-hybridized carbons (Fsp3) is 0.923. The number of ketones is 1. The molecule has 1 fully saturated rings. The summed E-state index contributed by atoms with van der Waals surface area (Å²) in [6.07, 6.45) is 3.37. The van der Waals surface area contributed by atoms with Crippen LogP contribution in [0.25, 0.3) is 0 Å². The minimum Gasteiger partial charge on any atom is -0.379 e. The lowest BCUT2D eigenvalue weighted by atomic mass is 9.92. The van der Waals surface area contributed by atoms with Gasteiger partial charge in [0.25, 0.3) is 0 Å². The summed E-state index contributed by atoms with van der Waals surface area (Å²) < 4.78 is 39.3. The maximum Gasteiger partial charge on any atom is 0.222 e. The van der Waals surface area contributed by atoms with E-state index in [4.69, 9.17) is 33.2 Å². The van der Waals surface area contributed by atoms with Crippen LogP contribution in [0.15, 0.2) is 0 Å². The summed E-state index contributed by atoms with van der Waals surface area (Å²) in [6, 6.07) is 0. The molecule has 1 aliphatic rings. The minimum atomic E-state index is -0.717. The molecule has 0 aromatic heterocycles. The van der Waals surface area contributed by atoms with Crippen LogP contribution in [0.2, 0.25) is 0 Å². The van der Waals surface area contributed by atoms with Crippen molar-refractivity contribution < 1.29 is 42.7 Å². The quantitative estimate of drug-likeness (QED) is 0.182. The highest BCUT2D eigenvalue weighted by molar-refractivity contribution is 5.78. The minimum absolute atomic E-state index is 0.130. The van der Waals surface area contributed by atoms with Gasteiger partial charge in [-0.2, -0.15) is 0 Å². The summed E-state index contributed by atoms with van der Waals surface area (Å²) in [5.41, 5.74) is -0.717. The number of nitrogens with one attached hydrogen (secondary N) is 1. The summed E-state index contributed by atoms with van der Waals surface area (Å²) >= 11 is 0. The summed E-state index contributed by atoms with van der Waals surface area (Å²) in [5, 5.41) is 3.04. The van der Waals surface area contributed by atoms with E-state index in [-0.39, 0.29) is 30.3 Å². The van der Waals surface area contributed by atoms with Gasteiger partial charge in [0.1, 0.15) is 11.3 Å². The largest absolute Gasteiger partial charge is 0.379 e. The third kappa shape index (κ3) is 15.2. The number of ether oxygens (including phenoxy) is 7. The predicted molar refractivity (Wildman–Crippen MR) is 135 cm³/mol. The Labute approximate surface area is 217 Å². The van der Waals surface area contributed by atoms with Gasteiger partial charge in [0.15, 0.2) is 0 Å². The molecule has 0 aromatic rings. The van der Waals surface area contributed by atoms with E-state index in [0.29, 0.717) is 92.1 Å². The molecule has 10 heteroatoms. The van der Waals surface area contributed by atoms with Crippen LogP contribution in [0, 0.1) is 0 Å². The van der Waals surface area contributed by atoms with Gasteiger partial charge < -0.3 is 38.5 Å². The van der Waals surface area contributed by atoms with E-state index in [2.05, 4.69) is 5.32 Å². The molecule has 0 unspecified atom stereocenters. The Morgan fingerprint density at radius 2 is 1.14 bits per heavy atom. The van der Waals surface area contributed by atoms with Crippen LogP contribution in [0.5, 0.6) is 0 Å². The van der Waals surface area contributed by atoms with Crippen LogP contribution in [0.1, 0.15) is 59.8 Å². The van der Waals surface area contributed by atoms with Crippen molar-refractivity contribution in [3.63, 3.8) is 0 Å². The summed E-state index contributed by atoms with van der Waals surface area (Å²) in [7, 11) is 0. The van der Waals surface area contributed by atoms with Crippen molar-refractivity contribution in [2.24, 2.45) is 0 Å². The fourth-order valence-electron chi connectivity index (χ4n) is 3.55. The van der Waals surface area contributed by atoms with Crippen molar-refractivity contribution in [3.8, 4) is 0 Å². The van der Waals surface area contributed by atoms with Crippen molar-refractivity contribution in [1.29, 1.82) is 0 Å². The van der Waals surface area contributed by atoms with E-state index in [0.717, 1.165) is 12.8 Å². The SMILES string of the molecule is CCOCC(COCC)(COCC)NC(=O)CCOCCOC1CC(OCCOCCC(=O)CC)C1. The van der Waals surface area contributed by atoms with Gasteiger partial charge in [0.05, 0.1) is 71.7 Å². The molecule has 0 aromatic carbocycles. The number of rotatable bonds is 25. The first kappa shape index (κ1) is 32.9. The average molecular weight is 520 g/mol. The summed E-state index contributed by atoms with van der Waals surface area (Å²) in [4.78, 5) is 23.7. The van der Waals surface area contributed by atoms with Crippen molar-refractivity contribution in [2.75, 3.05) is 79.3 Å². The third-order valence-electron chi connectivity index (χ3n) is 5.76. The maximum absolute atomic E-state index is 12.5. The second-order valence-electron chi connectivity index (χ2n) is 8.81. The van der Waals surface area contributed by atoms with Gasteiger partial charge in [0.2, 0.25) is 5.91 Å². The second kappa shape index (κ2) is 20.9. The van der Waals surface area contributed by atoms with E-state index in [1.165, 1.54) is 0 Å². The van der Waals surface area contributed by atoms with Gasteiger partial charge in [-0.25, -0.2) is 0 Å². The van der Waals surface area contributed by atoms with Crippen LogP contribution < -0.4 is 5.32 Å². The number of amides is 1. The van der Waals surface area contributed by atoms with Gasteiger partial charge in [-0.3, -0.25) is 9.59 Å². The lowest BCUT2D eigenvalue weighted by molar-refractivity contribution is -0.129. The molecule has 0 bridgehead atoms. The molecule has 0 saturated heterocycles. The average Bonchev–Trinajstić information content (AvgIpc) is 2.86. The third-order valence-corrected chi connectivity index (χ3v) is 5.76. The van der Waals surface area contributed by atoms with Gasteiger partial charge in [0, 0.05) is 39.1 Å². The van der Waals surface area contributed by atoms with Gasteiger partial charge in [-0.15, -0.1) is 0 Å². The zero-order valence-electron chi connectivity index (χ0n) is 22.8. The molecule has 0 heterocycles. The van der Waals surface area contributed by atoms with E-state index < -0.39 is 5.54 Å². The predicted octanol–water partition coefficient (Wildman–Crippen LogP) is 2.31. The molecule has 1 amide bonds. The Morgan fingerprint density at radius 1 is 0.667 bits per heavy atom. The molecule has 1 aliphatic carbocycles. The lowest BCUT2D eigenvalue weighted by Crippen LogP contribution is -2.58. The zero-order chi connectivity index (χ0) is 26.5. The number of carbonyl (C=O) groups is 2. The fourth-order valence-corrected chi connectivity index (χ4v) is 3.55. The van der Waals surface area contributed by atoms with E-state index >= 15 is 0 Å². The van der Waals surface area contributed by atoms with Gasteiger partial charge in [-0.1, -0.05) is 6.92 Å². The topological polar surface area (TPSA) is 111 Å². The highest BCUT2D eigenvalue weighted by Gasteiger charge is 2.33. The van der Waals surface area contributed by atoms with Crippen molar-refractivity contribution in [2.45, 2.75) is 77.5 Å². The van der Waals surface area contributed by atoms with E-state index in [1.54, 1.807) is 0 Å². The first-order valence-electron chi connectivity index (χ1n) is 13.4. The van der Waals surface area contributed by atoms with Crippen LogP contribution in [0.4, 0.5) is 0 Å². The molecule has 36 heavy (non-hydrogen) atoms. The molecule has 0 atom stereocenters. The van der Waals surface area contributed by atoms with Crippen molar-refractivity contribution in [1.82, 2.24) is 5.32 Å². The smallest absolute Gasteiger partial charge is 0.222 e. The first-order chi connectivity index (χ1) is 17.5. The van der Waals surface area contributed by atoms with Crippen LogP contribution in [-0.4, -0.2) is 109 Å². The number of carbonyl (C=O) groups excluding carboxylic acids is 2. The van der Waals surface area contributed by atoms with Crippen LogP contribution >= 0.6 is 0 Å². The molecule has 1 saturated carbocycles. The Kier molecular flexibility index (Phi) is 19.1. The highest BCUT2D eigenvalue weighted by Crippen LogP contribution is 2.26. The molecule has 10 nitrogen and oxygen atoms in total. The summed E-state index contributed by atoms with van der Waals surface area (Å²) in [6.45, 7) is 12.9. The molecule has 1 rings (SSSR count). The maximum atomic E-state index is 12.5. The molecule has 0 aliphatic heterocycles. The van der Waals surface area contributed by atoms with Gasteiger partial charge >= 0.3 is 0 Å². The molecule has 0 radical (unpaired) electrons. The number of hydrogen-bond donors (Lipinski definition) is 1. The molecular formula is C26H49NO9. The van der Waals surface area contributed by atoms with Crippen molar-refractivity contribution in [3.05, 3.63) is 0 Å². The molecular weight excluding hydrogens is 470 g/mol. The highest BCUT2D eigenvalue weighted by atomic mass is 16.5. The van der Waals surface area contributed by atoms with Gasteiger partial charge in [-0.05, 0) is 33.6 Å². The lowest BCUT2D eigenvalue weighted by Gasteiger charge is -2.34. The Bertz CT molecular complexity index is 548. The van der Waals surface area contributed by atoms with Crippen LogP contribution in [-0.2, 0) is 42.7 Å². The molecule has 0 spiro atoms. The normalized spacial score (nSPS) is 17.7. The van der Waals surface area contributed by atoms with Crippen molar-refractivity contribution >= 4 is 11.7 Å². The van der Waals surface area contributed by atoms with Crippen LogP contribution in [0.3, 0.4) is 0 Å². The zero-order valence-corrected chi connectivity index (χ0v) is 22.8. The first-order valence-corrected chi connectivity index (χ1v) is 13.4. The van der Waals surface area contributed by atoms with E-state index in [1.807, 2.05) is 27.7 Å². The second-order valence-corrected chi connectivity index (χ2v) is 8.81. The van der Waals surface area contributed by atoms with E-state index in [9.17, 15) is 9.59 Å². The number of Topliss-reactive ketones (excluding diaryl/α,β-unsaturated/α-hetero) is 1. The Balaban J connectivity index is 2.10. The molecule has 1 N–H and O–H groups in total. The summed E-state index contributed by atoms with van der Waals surface area (Å²) in [5.74, 6) is 0.0895. The Hall–Kier alpha value is -1.14. The Morgan fingerprint density at radius 3 is 1.58 bits per heavy atom.